The molecule has 30 heavy (non-hydrogen) atoms. The summed E-state index contributed by atoms with van der Waals surface area (Å²) in [6.07, 6.45) is 0. The Kier molecular flexibility index (Phi) is 5.95. The minimum absolute atomic E-state index is 0.0160. The second-order valence-electron chi connectivity index (χ2n) is 7.01. The second kappa shape index (κ2) is 8.49. The highest BCUT2D eigenvalue weighted by atomic mass is 35.5. The van der Waals surface area contributed by atoms with Crippen molar-refractivity contribution >= 4 is 55.6 Å². The number of para-hydroxylation sites is 2. The van der Waals surface area contributed by atoms with Gasteiger partial charge in [0.25, 0.3) is 0 Å². The van der Waals surface area contributed by atoms with Crippen LogP contribution in [0, 0.1) is 0 Å². The SMILES string of the molecule is COc1ccccc1N1C(SCC(=O)Nc2cccc(Cl)c2)=NC2CS(=O)(=O)CC21. The number of amidine groups is 1. The van der Waals surface area contributed by atoms with Gasteiger partial charge in [0, 0.05) is 10.7 Å². The number of hydrogen-bond donors (Lipinski definition) is 1. The zero-order valence-electron chi connectivity index (χ0n) is 16.1. The molecule has 2 heterocycles. The summed E-state index contributed by atoms with van der Waals surface area (Å²) in [6, 6.07) is 13.7. The molecule has 4 rings (SSSR count). The standard InChI is InChI=1S/C20H20ClN3O4S2/c1-28-18-8-3-2-7-16(18)24-17-12-30(26,27)11-15(17)23-20(24)29-10-19(25)22-14-6-4-5-13(21)9-14/h2-9,15,17H,10-12H2,1H3,(H,22,25). The van der Waals surface area contributed by atoms with E-state index in [2.05, 4.69) is 10.3 Å². The molecule has 2 aromatic carbocycles. The van der Waals surface area contributed by atoms with E-state index in [0.29, 0.717) is 21.6 Å². The quantitative estimate of drug-likeness (QED) is 0.730. The molecule has 1 fully saturated rings. The number of sulfone groups is 1. The molecule has 2 aliphatic heterocycles. The molecular formula is C20H20ClN3O4S2. The van der Waals surface area contributed by atoms with Crippen molar-refractivity contribution in [1.29, 1.82) is 0 Å². The lowest BCUT2D eigenvalue weighted by Crippen LogP contribution is -2.39. The lowest BCUT2D eigenvalue weighted by Gasteiger charge is -2.27. The number of thioether (sulfide) groups is 1. The maximum Gasteiger partial charge on any atom is 0.234 e. The third-order valence-electron chi connectivity index (χ3n) is 4.89. The predicted octanol–water partition coefficient (Wildman–Crippen LogP) is 3.06. The minimum Gasteiger partial charge on any atom is -0.495 e. The summed E-state index contributed by atoms with van der Waals surface area (Å²) in [4.78, 5) is 19.0. The molecule has 0 radical (unpaired) electrons. The third-order valence-corrected chi connectivity index (χ3v) is 7.79. The van der Waals surface area contributed by atoms with Gasteiger partial charge in [0.1, 0.15) is 5.75 Å². The van der Waals surface area contributed by atoms with Crippen LogP contribution in [-0.4, -0.2) is 55.9 Å². The molecule has 0 bridgehead atoms. The van der Waals surface area contributed by atoms with E-state index in [1.54, 1.807) is 31.4 Å². The number of ether oxygens (including phenoxy) is 1. The van der Waals surface area contributed by atoms with Gasteiger partial charge in [0.15, 0.2) is 15.0 Å². The number of methoxy groups -OCH3 is 1. The van der Waals surface area contributed by atoms with E-state index in [-0.39, 0.29) is 35.2 Å². The Bertz CT molecular complexity index is 1110. The average molecular weight is 466 g/mol. The van der Waals surface area contributed by atoms with E-state index in [9.17, 15) is 13.2 Å². The van der Waals surface area contributed by atoms with E-state index < -0.39 is 9.84 Å². The molecule has 0 spiro atoms. The van der Waals surface area contributed by atoms with Gasteiger partial charge in [0.05, 0.1) is 42.1 Å². The van der Waals surface area contributed by atoms with Crippen LogP contribution in [0.5, 0.6) is 5.75 Å². The third kappa shape index (κ3) is 4.43. The van der Waals surface area contributed by atoms with Gasteiger partial charge in [-0.2, -0.15) is 0 Å². The van der Waals surface area contributed by atoms with E-state index in [4.69, 9.17) is 16.3 Å². The van der Waals surface area contributed by atoms with Gasteiger partial charge in [-0.3, -0.25) is 9.79 Å². The number of nitrogens with zero attached hydrogens (tertiary/aromatic N) is 2. The number of rotatable bonds is 5. The van der Waals surface area contributed by atoms with Crippen LogP contribution in [0.25, 0.3) is 0 Å². The largest absolute Gasteiger partial charge is 0.495 e. The Labute approximate surface area is 184 Å². The molecule has 0 aliphatic carbocycles. The Morgan fingerprint density at radius 3 is 2.83 bits per heavy atom. The van der Waals surface area contributed by atoms with Crippen molar-refractivity contribution < 1.29 is 17.9 Å². The zero-order valence-corrected chi connectivity index (χ0v) is 18.5. The van der Waals surface area contributed by atoms with Crippen LogP contribution in [0.2, 0.25) is 5.02 Å². The van der Waals surface area contributed by atoms with E-state index >= 15 is 0 Å². The molecule has 2 unspecified atom stereocenters. The average Bonchev–Trinajstić information content (AvgIpc) is 3.17. The Balaban J connectivity index is 1.54. The number of nitrogens with one attached hydrogen (secondary N) is 1. The van der Waals surface area contributed by atoms with Crippen molar-refractivity contribution in [1.82, 2.24) is 0 Å². The van der Waals surface area contributed by atoms with Crippen LogP contribution in [0.15, 0.2) is 53.5 Å². The fourth-order valence-electron chi connectivity index (χ4n) is 3.64. The van der Waals surface area contributed by atoms with Crippen LogP contribution in [0.4, 0.5) is 11.4 Å². The maximum absolute atomic E-state index is 12.4. The Morgan fingerprint density at radius 2 is 2.07 bits per heavy atom. The number of carbonyl (C=O) groups is 1. The van der Waals surface area contributed by atoms with Crippen molar-refractivity contribution in [2.24, 2.45) is 4.99 Å². The van der Waals surface area contributed by atoms with Gasteiger partial charge in [-0.05, 0) is 30.3 Å². The number of hydrogen-bond acceptors (Lipinski definition) is 7. The number of benzene rings is 2. The van der Waals surface area contributed by atoms with E-state index in [0.717, 1.165) is 5.69 Å². The van der Waals surface area contributed by atoms with Crippen LogP contribution in [-0.2, 0) is 14.6 Å². The monoisotopic (exact) mass is 465 g/mol. The topological polar surface area (TPSA) is 88.1 Å². The molecule has 158 valence electrons. The highest BCUT2D eigenvalue weighted by Gasteiger charge is 2.47. The number of anilines is 2. The first kappa shape index (κ1) is 21.0. The summed E-state index contributed by atoms with van der Waals surface area (Å²) in [6.45, 7) is 0. The molecule has 1 saturated heterocycles. The van der Waals surface area contributed by atoms with Gasteiger partial charge >= 0.3 is 0 Å². The van der Waals surface area contributed by atoms with Crippen LogP contribution < -0.4 is 15.0 Å². The number of carbonyl (C=O) groups excluding carboxylic acids is 1. The number of amides is 1. The van der Waals surface area contributed by atoms with Crippen molar-refractivity contribution in [3.63, 3.8) is 0 Å². The number of halogens is 1. The summed E-state index contributed by atoms with van der Waals surface area (Å²) in [5.74, 6) is 0.595. The van der Waals surface area contributed by atoms with Crippen LogP contribution in [0.3, 0.4) is 0 Å². The lowest BCUT2D eigenvalue weighted by molar-refractivity contribution is -0.113. The number of fused-ring (bicyclic) bond motifs is 1. The van der Waals surface area contributed by atoms with E-state index in [1.165, 1.54) is 11.8 Å². The molecule has 2 aliphatic rings. The molecule has 2 atom stereocenters. The van der Waals surface area contributed by atoms with Crippen molar-refractivity contribution in [2.45, 2.75) is 12.1 Å². The lowest BCUT2D eigenvalue weighted by atomic mass is 10.1. The van der Waals surface area contributed by atoms with Gasteiger partial charge in [-0.25, -0.2) is 8.42 Å². The fourth-order valence-corrected chi connectivity index (χ4v) is 6.59. The maximum atomic E-state index is 12.4. The summed E-state index contributed by atoms with van der Waals surface area (Å²) in [7, 11) is -1.59. The molecule has 1 amide bonds. The minimum atomic E-state index is -3.16. The van der Waals surface area contributed by atoms with E-state index in [1.807, 2.05) is 29.2 Å². The van der Waals surface area contributed by atoms with Crippen LogP contribution in [0.1, 0.15) is 0 Å². The van der Waals surface area contributed by atoms with Crippen molar-refractivity contribution in [2.75, 3.05) is 34.6 Å². The van der Waals surface area contributed by atoms with Gasteiger partial charge in [-0.1, -0.05) is 41.6 Å². The van der Waals surface area contributed by atoms with Crippen LogP contribution >= 0.6 is 23.4 Å². The summed E-state index contributed by atoms with van der Waals surface area (Å²) < 4.78 is 29.8. The predicted molar refractivity (Wildman–Crippen MR) is 122 cm³/mol. The highest BCUT2D eigenvalue weighted by molar-refractivity contribution is 8.14. The molecule has 10 heteroatoms. The molecule has 7 nitrogen and oxygen atoms in total. The highest BCUT2D eigenvalue weighted by Crippen LogP contribution is 2.39. The first-order valence-corrected chi connectivity index (χ1v) is 12.4. The smallest absolute Gasteiger partial charge is 0.234 e. The Morgan fingerprint density at radius 1 is 1.27 bits per heavy atom. The van der Waals surface area contributed by atoms with Gasteiger partial charge < -0.3 is 15.0 Å². The fraction of sp³-hybridized carbons (Fsp3) is 0.300. The normalized spacial score (nSPS) is 21.8. The summed E-state index contributed by atoms with van der Waals surface area (Å²) in [5.41, 5.74) is 1.36. The summed E-state index contributed by atoms with van der Waals surface area (Å²) in [5, 5.41) is 3.96. The molecule has 1 N–H and O–H groups in total. The van der Waals surface area contributed by atoms with Gasteiger partial charge in [-0.15, -0.1) is 0 Å². The zero-order chi connectivity index (χ0) is 21.3. The molecule has 2 aromatic rings. The first-order chi connectivity index (χ1) is 14.4. The van der Waals surface area contributed by atoms with Crippen molar-refractivity contribution in [3.05, 3.63) is 53.6 Å². The molecular weight excluding hydrogens is 446 g/mol. The summed E-state index contributed by atoms with van der Waals surface area (Å²) >= 11 is 7.23. The van der Waals surface area contributed by atoms with Gasteiger partial charge in [0.2, 0.25) is 5.91 Å². The first-order valence-electron chi connectivity index (χ1n) is 9.25. The molecule has 0 aromatic heterocycles. The van der Waals surface area contributed by atoms with Crippen molar-refractivity contribution in [3.8, 4) is 5.75 Å². The second-order valence-corrected chi connectivity index (χ2v) is 10.5. The number of aliphatic imine (C=N–C) groups is 1. The Hall–Kier alpha value is -2.23. The molecule has 0 saturated carbocycles.